The maximum absolute atomic E-state index is 5.48. The first-order chi connectivity index (χ1) is 5.38. The molecule has 2 saturated heterocycles. The van der Waals surface area contributed by atoms with Gasteiger partial charge in [-0.25, -0.2) is 0 Å². The third-order valence-corrected chi connectivity index (χ3v) is 2.96. The number of piperidine rings is 1. The Morgan fingerprint density at radius 2 is 2.27 bits per heavy atom. The van der Waals surface area contributed by atoms with Gasteiger partial charge in [0.15, 0.2) is 0 Å². The first-order valence-corrected chi connectivity index (χ1v) is 4.70. The van der Waals surface area contributed by atoms with E-state index in [0.29, 0.717) is 0 Å². The molecular formula is C9H17NO. The van der Waals surface area contributed by atoms with Gasteiger partial charge in [-0.1, -0.05) is 13.3 Å². The lowest BCUT2D eigenvalue weighted by Gasteiger charge is -2.42. The van der Waals surface area contributed by atoms with Gasteiger partial charge in [-0.3, -0.25) is 4.90 Å². The van der Waals surface area contributed by atoms with Gasteiger partial charge in [0.2, 0.25) is 0 Å². The van der Waals surface area contributed by atoms with Crippen molar-refractivity contribution in [3.05, 3.63) is 0 Å². The Bertz CT molecular complexity index is 136. The maximum Gasteiger partial charge on any atom is 0.0992 e. The molecule has 2 atom stereocenters. The van der Waals surface area contributed by atoms with E-state index >= 15 is 0 Å². The van der Waals surface area contributed by atoms with Crippen molar-refractivity contribution in [2.24, 2.45) is 5.92 Å². The van der Waals surface area contributed by atoms with Crippen LogP contribution in [0, 0.1) is 5.92 Å². The average molecular weight is 155 g/mol. The van der Waals surface area contributed by atoms with Crippen LogP contribution in [0.1, 0.15) is 26.2 Å². The van der Waals surface area contributed by atoms with Crippen LogP contribution in [-0.4, -0.2) is 30.8 Å². The van der Waals surface area contributed by atoms with E-state index in [1.807, 2.05) is 0 Å². The molecule has 64 valence electrons. The van der Waals surface area contributed by atoms with E-state index < -0.39 is 0 Å². The number of hydrogen-bond acceptors (Lipinski definition) is 2. The van der Waals surface area contributed by atoms with Crippen molar-refractivity contribution in [1.29, 1.82) is 0 Å². The van der Waals surface area contributed by atoms with E-state index in [1.165, 1.54) is 25.8 Å². The van der Waals surface area contributed by atoms with Crippen LogP contribution in [0.3, 0.4) is 0 Å². The molecule has 2 aliphatic heterocycles. The largest absolute Gasteiger partial charge is 0.366 e. The summed E-state index contributed by atoms with van der Waals surface area (Å²) in [5.74, 6) is 0.754. The van der Waals surface area contributed by atoms with Crippen molar-refractivity contribution in [1.82, 2.24) is 4.90 Å². The van der Waals surface area contributed by atoms with Crippen LogP contribution in [0.15, 0.2) is 0 Å². The summed E-state index contributed by atoms with van der Waals surface area (Å²) in [6.07, 6.45) is 4.18. The fourth-order valence-corrected chi connectivity index (χ4v) is 2.29. The molecule has 11 heavy (non-hydrogen) atoms. The highest BCUT2D eigenvalue weighted by atomic mass is 16.5. The van der Waals surface area contributed by atoms with Gasteiger partial charge in [-0.2, -0.15) is 0 Å². The van der Waals surface area contributed by atoms with Crippen LogP contribution in [0.4, 0.5) is 0 Å². The number of rotatable bonds is 0. The highest BCUT2D eigenvalue weighted by Crippen LogP contribution is 2.26. The van der Waals surface area contributed by atoms with Gasteiger partial charge in [-0.05, 0) is 18.8 Å². The zero-order chi connectivity index (χ0) is 7.68. The van der Waals surface area contributed by atoms with Crippen molar-refractivity contribution in [3.8, 4) is 0 Å². The van der Waals surface area contributed by atoms with E-state index in [9.17, 15) is 0 Å². The second-order valence-corrected chi connectivity index (χ2v) is 3.85. The van der Waals surface area contributed by atoms with Gasteiger partial charge in [0.05, 0.1) is 13.3 Å². The lowest BCUT2D eigenvalue weighted by molar-refractivity contribution is -0.0910. The molecule has 0 aromatic heterocycles. The summed E-state index contributed by atoms with van der Waals surface area (Å²) in [7, 11) is 0. The zero-order valence-corrected chi connectivity index (χ0v) is 7.25. The molecule has 0 radical (unpaired) electrons. The minimum absolute atomic E-state index is 0.754. The predicted molar refractivity (Wildman–Crippen MR) is 44.3 cm³/mol. The standard InChI is InChI=1S/C9H17NO/c1-8-6-11-7-10-5-3-2-4-9(8)10/h8-9H,2-7H2,1H3/t8-,9-/m1/s1. The highest BCUT2D eigenvalue weighted by molar-refractivity contribution is 4.81. The summed E-state index contributed by atoms with van der Waals surface area (Å²) < 4.78 is 5.48. The minimum Gasteiger partial charge on any atom is -0.366 e. The van der Waals surface area contributed by atoms with Crippen LogP contribution >= 0.6 is 0 Å². The van der Waals surface area contributed by atoms with Gasteiger partial charge in [0.25, 0.3) is 0 Å². The number of ether oxygens (including phenoxy) is 1. The molecule has 2 nitrogen and oxygen atoms in total. The molecule has 2 fully saturated rings. The summed E-state index contributed by atoms with van der Waals surface area (Å²) in [4.78, 5) is 2.50. The molecule has 2 aliphatic rings. The molecule has 0 spiro atoms. The Hall–Kier alpha value is -0.0800. The average Bonchev–Trinajstić information content (AvgIpc) is 2.06. The number of fused-ring (bicyclic) bond motifs is 1. The van der Waals surface area contributed by atoms with Gasteiger partial charge >= 0.3 is 0 Å². The molecular weight excluding hydrogens is 138 g/mol. The van der Waals surface area contributed by atoms with E-state index in [4.69, 9.17) is 4.74 Å². The van der Waals surface area contributed by atoms with Crippen LogP contribution in [0.5, 0.6) is 0 Å². The first kappa shape index (κ1) is 7.56. The van der Waals surface area contributed by atoms with Crippen LogP contribution in [0.25, 0.3) is 0 Å². The van der Waals surface area contributed by atoms with Crippen LogP contribution in [-0.2, 0) is 4.74 Å². The van der Waals surface area contributed by atoms with Crippen molar-refractivity contribution in [2.75, 3.05) is 19.9 Å². The number of hydrogen-bond donors (Lipinski definition) is 0. The topological polar surface area (TPSA) is 12.5 Å². The van der Waals surface area contributed by atoms with Gasteiger partial charge in [0.1, 0.15) is 0 Å². The molecule has 0 aliphatic carbocycles. The Balaban J connectivity index is 1.99. The first-order valence-electron chi connectivity index (χ1n) is 4.70. The normalized spacial score (nSPS) is 40.1. The van der Waals surface area contributed by atoms with Crippen LogP contribution in [0.2, 0.25) is 0 Å². The molecule has 0 bridgehead atoms. The second kappa shape index (κ2) is 3.11. The Morgan fingerprint density at radius 3 is 3.09 bits per heavy atom. The van der Waals surface area contributed by atoms with Gasteiger partial charge in [0, 0.05) is 12.6 Å². The lowest BCUT2D eigenvalue weighted by atomic mass is 9.91. The van der Waals surface area contributed by atoms with Crippen LogP contribution < -0.4 is 0 Å². The highest BCUT2D eigenvalue weighted by Gasteiger charge is 2.30. The van der Waals surface area contributed by atoms with E-state index in [2.05, 4.69) is 11.8 Å². The fourth-order valence-electron chi connectivity index (χ4n) is 2.29. The molecule has 0 amide bonds. The van der Waals surface area contributed by atoms with E-state index in [-0.39, 0.29) is 0 Å². The monoisotopic (exact) mass is 155 g/mol. The fraction of sp³-hybridized carbons (Fsp3) is 1.00. The summed E-state index contributed by atoms with van der Waals surface area (Å²) in [5.41, 5.74) is 0. The number of nitrogens with zero attached hydrogens (tertiary/aromatic N) is 1. The maximum atomic E-state index is 5.48. The predicted octanol–water partition coefficient (Wildman–Crippen LogP) is 1.46. The molecule has 0 aromatic rings. The third-order valence-electron chi connectivity index (χ3n) is 2.96. The van der Waals surface area contributed by atoms with E-state index in [1.54, 1.807) is 0 Å². The smallest absolute Gasteiger partial charge is 0.0992 e. The van der Waals surface area contributed by atoms with Gasteiger partial charge < -0.3 is 4.74 Å². The summed E-state index contributed by atoms with van der Waals surface area (Å²) in [6.45, 7) is 5.42. The summed E-state index contributed by atoms with van der Waals surface area (Å²) in [6, 6.07) is 0.831. The van der Waals surface area contributed by atoms with Crippen molar-refractivity contribution in [2.45, 2.75) is 32.2 Å². The summed E-state index contributed by atoms with van der Waals surface area (Å²) in [5, 5.41) is 0. The van der Waals surface area contributed by atoms with Crippen molar-refractivity contribution >= 4 is 0 Å². The minimum atomic E-state index is 0.754. The molecule has 0 saturated carbocycles. The molecule has 0 unspecified atom stereocenters. The zero-order valence-electron chi connectivity index (χ0n) is 7.25. The van der Waals surface area contributed by atoms with Crippen molar-refractivity contribution in [3.63, 3.8) is 0 Å². The molecule has 2 heterocycles. The van der Waals surface area contributed by atoms with Gasteiger partial charge in [-0.15, -0.1) is 0 Å². The SMILES string of the molecule is C[C@@H]1COCN2CCCC[C@H]12. The molecule has 2 heteroatoms. The quantitative estimate of drug-likeness (QED) is 0.525. The Morgan fingerprint density at radius 1 is 1.36 bits per heavy atom. The Labute approximate surface area is 68.5 Å². The summed E-state index contributed by atoms with van der Waals surface area (Å²) >= 11 is 0. The third kappa shape index (κ3) is 1.42. The second-order valence-electron chi connectivity index (χ2n) is 3.85. The molecule has 2 rings (SSSR count). The van der Waals surface area contributed by atoms with Crippen molar-refractivity contribution < 1.29 is 4.74 Å². The van der Waals surface area contributed by atoms with E-state index in [0.717, 1.165) is 25.3 Å². The lowest BCUT2D eigenvalue weighted by Crippen LogP contribution is -2.49. The Kier molecular flexibility index (Phi) is 2.14. The molecule has 0 N–H and O–H groups in total. The molecule has 0 aromatic carbocycles.